The van der Waals surface area contributed by atoms with E-state index in [1.54, 1.807) is 36.4 Å². The Hall–Kier alpha value is -3.40. The van der Waals surface area contributed by atoms with Crippen LogP contribution in [0.2, 0.25) is 0 Å². The van der Waals surface area contributed by atoms with Crippen LogP contribution in [0.1, 0.15) is 30.6 Å². The van der Waals surface area contributed by atoms with Gasteiger partial charge in [0.1, 0.15) is 11.8 Å². The molecule has 1 saturated carbocycles. The molecule has 0 spiro atoms. The summed E-state index contributed by atoms with van der Waals surface area (Å²) in [6, 6.07) is 10.9. The van der Waals surface area contributed by atoms with Crippen molar-refractivity contribution < 1.29 is 18.8 Å². The van der Waals surface area contributed by atoms with E-state index in [1.807, 2.05) is 6.07 Å². The number of carbonyl (C=O) groups excluding carboxylic acids is 3. The van der Waals surface area contributed by atoms with Gasteiger partial charge in [0.2, 0.25) is 11.8 Å². The predicted molar refractivity (Wildman–Crippen MR) is 94.0 cm³/mol. The van der Waals surface area contributed by atoms with E-state index >= 15 is 0 Å². The molecule has 1 aromatic carbocycles. The number of amides is 3. The lowest BCUT2D eigenvalue weighted by molar-refractivity contribution is -0.140. The smallest absolute Gasteiger partial charge is 0.257 e. The molecule has 1 unspecified atom stereocenters. The highest BCUT2D eigenvalue weighted by molar-refractivity contribution is 6.23. The molecule has 1 aromatic heterocycles. The van der Waals surface area contributed by atoms with Gasteiger partial charge in [0.15, 0.2) is 0 Å². The first-order chi connectivity index (χ1) is 13.1. The number of nitriles is 1. The molecule has 3 amide bonds. The van der Waals surface area contributed by atoms with Gasteiger partial charge in [0, 0.05) is 5.92 Å². The molecule has 1 atom stereocenters. The number of furan rings is 1. The number of hydrogen-bond donors (Lipinski definition) is 0. The van der Waals surface area contributed by atoms with E-state index in [0.29, 0.717) is 17.0 Å². The lowest BCUT2D eigenvalue weighted by atomic mass is 10.1. The number of benzene rings is 1. The molecule has 0 bridgehead atoms. The molecule has 7 nitrogen and oxygen atoms in total. The molecule has 0 N–H and O–H groups in total. The quantitative estimate of drug-likeness (QED) is 0.759. The van der Waals surface area contributed by atoms with Gasteiger partial charge in [-0.05, 0) is 49.2 Å². The molecule has 2 heterocycles. The minimum atomic E-state index is -0.841. The van der Waals surface area contributed by atoms with E-state index in [-0.39, 0.29) is 30.7 Å². The van der Waals surface area contributed by atoms with Gasteiger partial charge >= 0.3 is 0 Å². The van der Waals surface area contributed by atoms with Crippen LogP contribution in [-0.4, -0.2) is 28.7 Å². The van der Waals surface area contributed by atoms with Gasteiger partial charge in [-0.2, -0.15) is 5.26 Å². The largest absolute Gasteiger partial charge is 0.467 e. The van der Waals surface area contributed by atoms with Gasteiger partial charge in [0.05, 0.1) is 36.5 Å². The fourth-order valence-electron chi connectivity index (χ4n) is 3.29. The SMILES string of the molecule is N#Cc1ccc(N2C(=O)CC(N(Cc3ccco3)C(=O)C3CC3)C2=O)cc1. The zero-order chi connectivity index (χ0) is 19.0. The van der Waals surface area contributed by atoms with Crippen molar-refractivity contribution in [2.24, 2.45) is 5.92 Å². The maximum absolute atomic E-state index is 13.0. The second kappa shape index (κ2) is 6.72. The maximum atomic E-state index is 13.0. The highest BCUT2D eigenvalue weighted by Gasteiger charge is 2.47. The van der Waals surface area contributed by atoms with Crippen molar-refractivity contribution in [3.8, 4) is 6.07 Å². The Morgan fingerprint density at radius 1 is 1.22 bits per heavy atom. The van der Waals surface area contributed by atoms with Gasteiger partial charge in [-0.3, -0.25) is 14.4 Å². The van der Waals surface area contributed by atoms with Gasteiger partial charge in [0.25, 0.3) is 5.91 Å². The number of imide groups is 1. The Morgan fingerprint density at radius 3 is 2.56 bits per heavy atom. The molecule has 2 fully saturated rings. The fourth-order valence-corrected chi connectivity index (χ4v) is 3.29. The van der Waals surface area contributed by atoms with Crippen molar-refractivity contribution in [1.29, 1.82) is 5.26 Å². The van der Waals surface area contributed by atoms with Gasteiger partial charge in [-0.1, -0.05) is 0 Å². The van der Waals surface area contributed by atoms with Crippen molar-refractivity contribution in [2.75, 3.05) is 4.90 Å². The third-order valence-corrected chi connectivity index (χ3v) is 4.87. The van der Waals surface area contributed by atoms with E-state index in [1.165, 1.54) is 11.2 Å². The zero-order valence-electron chi connectivity index (χ0n) is 14.5. The highest BCUT2D eigenvalue weighted by Crippen LogP contribution is 2.34. The second-order valence-electron chi connectivity index (χ2n) is 6.77. The first-order valence-corrected chi connectivity index (χ1v) is 8.78. The highest BCUT2D eigenvalue weighted by atomic mass is 16.3. The lowest BCUT2D eigenvalue weighted by Gasteiger charge is -2.27. The van der Waals surface area contributed by atoms with E-state index < -0.39 is 11.9 Å². The lowest BCUT2D eigenvalue weighted by Crippen LogP contribution is -2.45. The molecule has 4 rings (SSSR count). The predicted octanol–water partition coefficient (Wildman–Crippen LogP) is 2.22. The average Bonchev–Trinajstić information content (AvgIpc) is 3.32. The fraction of sp³-hybridized carbons (Fsp3) is 0.300. The first kappa shape index (κ1) is 17.0. The topological polar surface area (TPSA) is 94.6 Å². The number of nitrogens with zero attached hydrogens (tertiary/aromatic N) is 3. The summed E-state index contributed by atoms with van der Waals surface area (Å²) in [6.07, 6.45) is 3.07. The van der Waals surface area contributed by atoms with Crippen LogP contribution in [0.3, 0.4) is 0 Å². The summed E-state index contributed by atoms with van der Waals surface area (Å²) < 4.78 is 5.34. The van der Waals surface area contributed by atoms with Crippen molar-refractivity contribution in [3.05, 3.63) is 54.0 Å². The summed E-state index contributed by atoms with van der Waals surface area (Å²) in [5, 5.41) is 8.90. The Labute approximate surface area is 155 Å². The molecule has 2 aromatic rings. The Balaban J connectivity index is 1.61. The Bertz CT molecular complexity index is 923. The van der Waals surface area contributed by atoms with Gasteiger partial charge in [-0.15, -0.1) is 0 Å². The molecular weight excluding hydrogens is 346 g/mol. The molecule has 1 saturated heterocycles. The Morgan fingerprint density at radius 2 is 1.96 bits per heavy atom. The Kier molecular flexibility index (Phi) is 4.24. The van der Waals surface area contributed by atoms with Crippen LogP contribution in [-0.2, 0) is 20.9 Å². The van der Waals surface area contributed by atoms with Gasteiger partial charge < -0.3 is 9.32 Å². The summed E-state index contributed by atoms with van der Waals surface area (Å²) in [4.78, 5) is 40.9. The summed E-state index contributed by atoms with van der Waals surface area (Å²) >= 11 is 0. The van der Waals surface area contributed by atoms with E-state index in [2.05, 4.69) is 0 Å². The summed E-state index contributed by atoms with van der Waals surface area (Å²) in [6.45, 7) is 0.160. The molecule has 1 aliphatic carbocycles. The molecule has 7 heteroatoms. The minimum Gasteiger partial charge on any atom is -0.467 e. The summed E-state index contributed by atoms with van der Waals surface area (Å²) in [7, 11) is 0. The average molecular weight is 363 g/mol. The standard InChI is InChI=1S/C20H17N3O4/c21-11-13-3-7-15(8-4-13)23-18(24)10-17(20(23)26)22(19(25)14-5-6-14)12-16-2-1-9-27-16/h1-4,7-9,14,17H,5-6,10,12H2. The number of hydrogen-bond acceptors (Lipinski definition) is 5. The molecule has 0 radical (unpaired) electrons. The normalized spacial score (nSPS) is 19.2. The van der Waals surface area contributed by atoms with Crippen LogP contribution in [0.15, 0.2) is 47.1 Å². The molecular formula is C20H17N3O4. The molecule has 136 valence electrons. The van der Waals surface area contributed by atoms with E-state index in [9.17, 15) is 14.4 Å². The summed E-state index contributed by atoms with van der Waals surface area (Å²) in [5.74, 6) is -0.403. The van der Waals surface area contributed by atoms with Crippen LogP contribution < -0.4 is 4.90 Å². The summed E-state index contributed by atoms with van der Waals surface area (Å²) in [5.41, 5.74) is 0.848. The van der Waals surface area contributed by atoms with Crippen LogP contribution in [0.25, 0.3) is 0 Å². The first-order valence-electron chi connectivity index (χ1n) is 8.78. The van der Waals surface area contributed by atoms with Crippen LogP contribution >= 0.6 is 0 Å². The van der Waals surface area contributed by atoms with Crippen molar-refractivity contribution in [3.63, 3.8) is 0 Å². The van der Waals surface area contributed by atoms with Crippen molar-refractivity contribution in [1.82, 2.24) is 4.90 Å². The minimum absolute atomic E-state index is 0.0575. The van der Waals surface area contributed by atoms with Crippen molar-refractivity contribution >= 4 is 23.4 Å². The third kappa shape index (κ3) is 3.22. The van der Waals surface area contributed by atoms with Crippen molar-refractivity contribution in [2.45, 2.75) is 31.8 Å². The van der Waals surface area contributed by atoms with E-state index in [4.69, 9.17) is 9.68 Å². The number of carbonyl (C=O) groups is 3. The number of rotatable bonds is 5. The van der Waals surface area contributed by atoms with Gasteiger partial charge in [-0.25, -0.2) is 4.90 Å². The van der Waals surface area contributed by atoms with Crippen LogP contribution in [0.5, 0.6) is 0 Å². The van der Waals surface area contributed by atoms with E-state index in [0.717, 1.165) is 17.7 Å². The zero-order valence-corrected chi connectivity index (χ0v) is 14.5. The number of anilines is 1. The maximum Gasteiger partial charge on any atom is 0.257 e. The molecule has 27 heavy (non-hydrogen) atoms. The van der Waals surface area contributed by atoms with Crippen LogP contribution in [0, 0.1) is 17.2 Å². The monoisotopic (exact) mass is 363 g/mol. The molecule has 2 aliphatic rings. The second-order valence-corrected chi connectivity index (χ2v) is 6.77. The third-order valence-electron chi connectivity index (χ3n) is 4.87. The van der Waals surface area contributed by atoms with Crippen LogP contribution in [0.4, 0.5) is 5.69 Å². The molecule has 1 aliphatic heterocycles.